The van der Waals surface area contributed by atoms with E-state index in [1.807, 2.05) is 6.92 Å². The second-order valence-corrected chi connectivity index (χ2v) is 2.94. The monoisotopic (exact) mass is 214 g/mol. The van der Waals surface area contributed by atoms with Gasteiger partial charge < -0.3 is 9.47 Å². The number of benzene rings is 1. The highest BCUT2D eigenvalue weighted by Gasteiger charge is 2.06. The van der Waals surface area contributed by atoms with Gasteiger partial charge in [0.15, 0.2) is 18.8 Å². The number of aldehydes is 1. The van der Waals surface area contributed by atoms with Crippen LogP contribution in [0.3, 0.4) is 0 Å². The maximum Gasteiger partial charge on any atom is 0.189 e. The first-order valence-electron chi connectivity index (χ1n) is 4.23. The van der Waals surface area contributed by atoms with E-state index in [4.69, 9.17) is 21.1 Å². The van der Waals surface area contributed by atoms with E-state index in [-0.39, 0.29) is 6.79 Å². The molecule has 0 amide bonds. The molecule has 76 valence electrons. The van der Waals surface area contributed by atoms with Crippen LogP contribution in [0.1, 0.15) is 17.3 Å². The van der Waals surface area contributed by atoms with Crippen LogP contribution in [0.25, 0.3) is 0 Å². The van der Waals surface area contributed by atoms with E-state index >= 15 is 0 Å². The Balaban J connectivity index is 2.77. The summed E-state index contributed by atoms with van der Waals surface area (Å²) in [5.41, 5.74) is 0.428. The van der Waals surface area contributed by atoms with Gasteiger partial charge in [0, 0.05) is 6.61 Å². The van der Waals surface area contributed by atoms with Gasteiger partial charge in [0.25, 0.3) is 0 Å². The number of hydrogen-bond donors (Lipinski definition) is 0. The summed E-state index contributed by atoms with van der Waals surface area (Å²) in [5, 5.41) is 0.411. The van der Waals surface area contributed by atoms with E-state index in [1.54, 1.807) is 18.2 Å². The molecule has 0 N–H and O–H groups in total. The summed E-state index contributed by atoms with van der Waals surface area (Å²) in [6.07, 6.45) is 0.702. The molecule has 0 aliphatic rings. The van der Waals surface area contributed by atoms with Crippen molar-refractivity contribution in [1.29, 1.82) is 0 Å². The molecule has 0 bridgehead atoms. The van der Waals surface area contributed by atoms with Crippen molar-refractivity contribution in [2.75, 3.05) is 13.4 Å². The Labute approximate surface area is 87.6 Å². The summed E-state index contributed by atoms with van der Waals surface area (Å²) in [5.74, 6) is 0.373. The van der Waals surface area contributed by atoms with E-state index in [9.17, 15) is 4.79 Å². The molecular formula is C10H11ClO3. The molecule has 0 aliphatic carbocycles. The van der Waals surface area contributed by atoms with Gasteiger partial charge in [-0.15, -0.1) is 0 Å². The van der Waals surface area contributed by atoms with E-state index < -0.39 is 0 Å². The smallest absolute Gasteiger partial charge is 0.189 e. The second-order valence-electron chi connectivity index (χ2n) is 2.53. The number of para-hydroxylation sites is 1. The number of carbonyl (C=O) groups is 1. The predicted molar refractivity (Wildman–Crippen MR) is 54.0 cm³/mol. The van der Waals surface area contributed by atoms with E-state index in [1.165, 1.54) is 0 Å². The molecule has 0 spiro atoms. The molecule has 0 radical (unpaired) electrons. The number of ether oxygens (including phenoxy) is 2. The molecule has 1 rings (SSSR count). The van der Waals surface area contributed by atoms with Gasteiger partial charge >= 0.3 is 0 Å². The predicted octanol–water partition coefficient (Wildman–Crippen LogP) is 2.53. The van der Waals surface area contributed by atoms with Gasteiger partial charge in [0.2, 0.25) is 0 Å². The lowest BCUT2D eigenvalue weighted by molar-refractivity contribution is 0.0221. The molecule has 0 unspecified atom stereocenters. The number of hydrogen-bond acceptors (Lipinski definition) is 3. The summed E-state index contributed by atoms with van der Waals surface area (Å²) in [7, 11) is 0. The largest absolute Gasteiger partial charge is 0.465 e. The first-order valence-corrected chi connectivity index (χ1v) is 4.61. The molecule has 4 heteroatoms. The third-order valence-electron chi connectivity index (χ3n) is 1.62. The molecule has 0 aliphatic heterocycles. The number of rotatable bonds is 5. The van der Waals surface area contributed by atoms with Crippen LogP contribution in [0.2, 0.25) is 5.02 Å². The second kappa shape index (κ2) is 5.62. The van der Waals surface area contributed by atoms with Gasteiger partial charge in [-0.2, -0.15) is 0 Å². The fourth-order valence-corrected chi connectivity index (χ4v) is 1.19. The van der Waals surface area contributed by atoms with Crippen LogP contribution < -0.4 is 4.74 Å². The van der Waals surface area contributed by atoms with Crippen molar-refractivity contribution in [2.45, 2.75) is 6.92 Å². The molecule has 0 saturated heterocycles. The molecule has 1 aromatic carbocycles. The zero-order chi connectivity index (χ0) is 10.4. The van der Waals surface area contributed by atoms with Crippen molar-refractivity contribution >= 4 is 17.9 Å². The lowest BCUT2D eigenvalue weighted by Crippen LogP contribution is -2.04. The Morgan fingerprint density at radius 1 is 1.50 bits per heavy atom. The molecule has 3 nitrogen and oxygen atoms in total. The molecule has 1 aromatic rings. The van der Waals surface area contributed by atoms with Gasteiger partial charge in [-0.05, 0) is 19.1 Å². The SMILES string of the molecule is CCOCOc1c(Cl)cccc1C=O. The quantitative estimate of drug-likeness (QED) is 0.429. The molecule has 0 aromatic heterocycles. The average molecular weight is 215 g/mol. The number of halogens is 1. The van der Waals surface area contributed by atoms with Crippen LogP contribution in [-0.4, -0.2) is 19.7 Å². The van der Waals surface area contributed by atoms with Gasteiger partial charge in [0.05, 0.1) is 10.6 Å². The van der Waals surface area contributed by atoms with Crippen molar-refractivity contribution in [1.82, 2.24) is 0 Å². The third kappa shape index (κ3) is 2.72. The minimum Gasteiger partial charge on any atom is -0.465 e. The van der Waals surface area contributed by atoms with Crippen LogP contribution in [0.4, 0.5) is 0 Å². The molecule has 0 atom stereocenters. The molecule has 0 fully saturated rings. The Hall–Kier alpha value is -1.06. The fraction of sp³-hybridized carbons (Fsp3) is 0.300. The highest BCUT2D eigenvalue weighted by Crippen LogP contribution is 2.27. The lowest BCUT2D eigenvalue weighted by atomic mass is 10.2. The maximum absolute atomic E-state index is 10.6. The maximum atomic E-state index is 10.6. The van der Waals surface area contributed by atoms with E-state index in [0.29, 0.717) is 29.2 Å². The summed E-state index contributed by atoms with van der Waals surface area (Å²) in [6, 6.07) is 5.00. The Kier molecular flexibility index (Phi) is 4.43. The van der Waals surface area contributed by atoms with E-state index in [2.05, 4.69) is 0 Å². The van der Waals surface area contributed by atoms with E-state index in [0.717, 1.165) is 0 Å². The summed E-state index contributed by atoms with van der Waals surface area (Å²) in [6.45, 7) is 2.51. The van der Waals surface area contributed by atoms with Crippen molar-refractivity contribution in [3.63, 3.8) is 0 Å². The molecular weight excluding hydrogens is 204 g/mol. The minimum atomic E-state index is 0.0983. The summed E-state index contributed by atoms with van der Waals surface area (Å²) in [4.78, 5) is 10.6. The number of carbonyl (C=O) groups excluding carboxylic acids is 1. The van der Waals surface area contributed by atoms with Gasteiger partial charge in [0.1, 0.15) is 0 Å². The highest BCUT2D eigenvalue weighted by atomic mass is 35.5. The molecule has 0 heterocycles. The van der Waals surface area contributed by atoms with Crippen molar-refractivity contribution in [2.24, 2.45) is 0 Å². The van der Waals surface area contributed by atoms with Crippen LogP contribution in [-0.2, 0) is 4.74 Å². The van der Waals surface area contributed by atoms with Crippen LogP contribution in [0.5, 0.6) is 5.75 Å². The average Bonchev–Trinajstić information content (AvgIpc) is 2.20. The highest BCUT2D eigenvalue weighted by molar-refractivity contribution is 6.32. The van der Waals surface area contributed by atoms with Gasteiger partial charge in [-0.3, -0.25) is 4.79 Å². The van der Waals surface area contributed by atoms with Crippen LogP contribution in [0.15, 0.2) is 18.2 Å². The van der Waals surface area contributed by atoms with Gasteiger partial charge in [-0.1, -0.05) is 17.7 Å². The summed E-state index contributed by atoms with van der Waals surface area (Å²) < 4.78 is 10.2. The standard InChI is InChI=1S/C10H11ClO3/c1-2-13-7-14-10-8(6-12)4-3-5-9(10)11/h3-6H,2,7H2,1H3. The molecule has 14 heavy (non-hydrogen) atoms. The van der Waals surface area contributed by atoms with Gasteiger partial charge in [-0.25, -0.2) is 0 Å². The third-order valence-corrected chi connectivity index (χ3v) is 1.91. The summed E-state index contributed by atoms with van der Waals surface area (Å²) >= 11 is 5.85. The molecule has 0 saturated carbocycles. The Morgan fingerprint density at radius 3 is 2.93 bits per heavy atom. The lowest BCUT2D eigenvalue weighted by Gasteiger charge is -2.09. The Bertz CT molecular complexity index is 312. The first-order chi connectivity index (χ1) is 6.79. The zero-order valence-corrected chi connectivity index (χ0v) is 8.58. The zero-order valence-electron chi connectivity index (χ0n) is 7.83. The minimum absolute atomic E-state index is 0.0983. The Morgan fingerprint density at radius 2 is 2.29 bits per heavy atom. The fourth-order valence-electron chi connectivity index (χ4n) is 0.955. The topological polar surface area (TPSA) is 35.5 Å². The normalized spacial score (nSPS) is 9.86. The van der Waals surface area contributed by atoms with Crippen molar-refractivity contribution in [3.8, 4) is 5.75 Å². The van der Waals surface area contributed by atoms with Crippen LogP contribution in [0, 0.1) is 0 Å². The van der Waals surface area contributed by atoms with Crippen molar-refractivity contribution < 1.29 is 14.3 Å². The van der Waals surface area contributed by atoms with Crippen molar-refractivity contribution in [3.05, 3.63) is 28.8 Å². The van der Waals surface area contributed by atoms with Crippen LogP contribution >= 0.6 is 11.6 Å². The first kappa shape index (κ1) is 11.0.